The average Bonchev–Trinajstić information content (AvgIpc) is 2.77. The number of para-hydroxylation sites is 1. The van der Waals surface area contributed by atoms with Crippen molar-refractivity contribution in [1.29, 1.82) is 5.26 Å². The zero-order chi connectivity index (χ0) is 22.9. The lowest BCUT2D eigenvalue weighted by Crippen LogP contribution is -2.13. The van der Waals surface area contributed by atoms with Crippen molar-refractivity contribution in [3.63, 3.8) is 0 Å². The van der Waals surface area contributed by atoms with Crippen LogP contribution in [0.5, 0.6) is 11.5 Å². The van der Waals surface area contributed by atoms with Gasteiger partial charge in [0, 0.05) is 11.3 Å². The van der Waals surface area contributed by atoms with Crippen molar-refractivity contribution in [3.05, 3.63) is 94.6 Å². The summed E-state index contributed by atoms with van der Waals surface area (Å²) in [6.07, 6.45) is 1.54. The van der Waals surface area contributed by atoms with E-state index >= 15 is 0 Å². The quantitative estimate of drug-likeness (QED) is 0.363. The lowest BCUT2D eigenvalue weighted by atomic mass is 10.1. The van der Waals surface area contributed by atoms with Crippen LogP contribution >= 0.6 is 0 Å². The first-order valence-electron chi connectivity index (χ1n) is 10.4. The van der Waals surface area contributed by atoms with Crippen LogP contribution in [0.15, 0.2) is 72.3 Å². The molecule has 0 spiro atoms. The molecular weight excluding hydrogens is 400 g/mol. The van der Waals surface area contributed by atoms with Gasteiger partial charge >= 0.3 is 0 Å². The molecule has 0 fully saturated rings. The molecule has 3 aromatic carbocycles. The van der Waals surface area contributed by atoms with Crippen LogP contribution in [-0.2, 0) is 11.4 Å². The highest BCUT2D eigenvalue weighted by atomic mass is 16.5. The van der Waals surface area contributed by atoms with Gasteiger partial charge in [-0.3, -0.25) is 4.79 Å². The molecule has 5 heteroatoms. The van der Waals surface area contributed by atoms with Gasteiger partial charge < -0.3 is 14.8 Å². The fourth-order valence-corrected chi connectivity index (χ4v) is 3.35. The summed E-state index contributed by atoms with van der Waals surface area (Å²) in [4.78, 5) is 12.7. The number of nitrogens with zero attached hydrogens (tertiary/aromatic N) is 1. The van der Waals surface area contributed by atoms with Crippen molar-refractivity contribution >= 4 is 17.7 Å². The van der Waals surface area contributed by atoms with Crippen LogP contribution in [0.4, 0.5) is 5.69 Å². The van der Waals surface area contributed by atoms with Crippen molar-refractivity contribution in [2.24, 2.45) is 0 Å². The summed E-state index contributed by atoms with van der Waals surface area (Å²) < 4.78 is 11.4. The van der Waals surface area contributed by atoms with E-state index in [1.165, 1.54) is 11.1 Å². The third-order valence-corrected chi connectivity index (χ3v) is 4.68. The molecule has 0 aliphatic rings. The highest BCUT2D eigenvalue weighted by Crippen LogP contribution is 2.23. The van der Waals surface area contributed by atoms with Crippen LogP contribution in [0.3, 0.4) is 0 Å². The van der Waals surface area contributed by atoms with E-state index in [0.29, 0.717) is 30.2 Å². The number of carbonyl (C=O) groups excluding carboxylic acids is 1. The molecule has 162 valence electrons. The topological polar surface area (TPSA) is 71.3 Å². The Hall–Kier alpha value is -4.04. The summed E-state index contributed by atoms with van der Waals surface area (Å²) in [5.74, 6) is 0.838. The molecule has 0 saturated carbocycles. The zero-order valence-electron chi connectivity index (χ0n) is 18.5. The maximum Gasteiger partial charge on any atom is 0.266 e. The van der Waals surface area contributed by atoms with Gasteiger partial charge in [0.05, 0.1) is 6.61 Å². The Morgan fingerprint density at radius 2 is 1.69 bits per heavy atom. The fourth-order valence-electron chi connectivity index (χ4n) is 3.35. The van der Waals surface area contributed by atoms with E-state index in [1.54, 1.807) is 30.3 Å². The molecule has 0 unspecified atom stereocenters. The number of anilines is 1. The van der Waals surface area contributed by atoms with E-state index < -0.39 is 5.91 Å². The van der Waals surface area contributed by atoms with Gasteiger partial charge in [-0.15, -0.1) is 0 Å². The maximum atomic E-state index is 12.7. The fraction of sp³-hybridized carbons (Fsp3) is 0.185. The van der Waals surface area contributed by atoms with Crippen LogP contribution in [0, 0.1) is 25.2 Å². The standard InChI is InChI=1S/C27H26N2O3/c1-4-31-25-11-9-24(10-12-25)29-27(30)23(17-28)16-22-7-5-6-8-26(22)32-18-21-14-19(2)13-20(3)15-21/h5-16H,4,18H2,1-3H3,(H,29,30)/b23-16+. The van der Waals surface area contributed by atoms with Gasteiger partial charge in [-0.1, -0.05) is 47.5 Å². The minimum absolute atomic E-state index is 0.0127. The van der Waals surface area contributed by atoms with Gasteiger partial charge in [-0.25, -0.2) is 0 Å². The molecule has 1 amide bonds. The number of ether oxygens (including phenoxy) is 2. The first-order valence-corrected chi connectivity index (χ1v) is 10.4. The highest BCUT2D eigenvalue weighted by Gasteiger charge is 2.12. The third kappa shape index (κ3) is 6.23. The lowest BCUT2D eigenvalue weighted by molar-refractivity contribution is -0.112. The molecule has 32 heavy (non-hydrogen) atoms. The molecule has 5 nitrogen and oxygen atoms in total. The van der Waals surface area contributed by atoms with Gasteiger partial charge in [0.25, 0.3) is 5.91 Å². The first kappa shape index (κ1) is 22.6. The smallest absolute Gasteiger partial charge is 0.266 e. The molecule has 0 radical (unpaired) electrons. The summed E-state index contributed by atoms with van der Waals surface area (Å²) in [6.45, 7) is 6.97. The normalized spacial score (nSPS) is 10.9. The number of carbonyl (C=O) groups is 1. The van der Waals surface area contributed by atoms with Crippen molar-refractivity contribution in [1.82, 2.24) is 0 Å². The number of nitriles is 1. The lowest BCUT2D eigenvalue weighted by Gasteiger charge is -2.11. The van der Waals surface area contributed by atoms with Crippen molar-refractivity contribution in [2.45, 2.75) is 27.4 Å². The van der Waals surface area contributed by atoms with Crippen LogP contribution in [0.2, 0.25) is 0 Å². The molecule has 3 rings (SSSR count). The summed E-state index contributed by atoms with van der Waals surface area (Å²) in [7, 11) is 0. The average molecular weight is 427 g/mol. The summed E-state index contributed by atoms with van der Waals surface area (Å²) >= 11 is 0. The number of rotatable bonds is 8. The second kappa shape index (κ2) is 10.8. The van der Waals surface area contributed by atoms with Crippen molar-refractivity contribution in [3.8, 4) is 17.6 Å². The Morgan fingerprint density at radius 3 is 2.34 bits per heavy atom. The van der Waals surface area contributed by atoms with E-state index in [2.05, 4.69) is 37.4 Å². The molecule has 0 bridgehead atoms. The van der Waals surface area contributed by atoms with E-state index in [9.17, 15) is 10.1 Å². The second-order valence-electron chi connectivity index (χ2n) is 7.40. The molecule has 0 atom stereocenters. The van der Waals surface area contributed by atoms with Gasteiger partial charge in [0.2, 0.25) is 0 Å². The maximum absolute atomic E-state index is 12.7. The highest BCUT2D eigenvalue weighted by molar-refractivity contribution is 6.09. The van der Waals surface area contributed by atoms with Gasteiger partial charge in [0.1, 0.15) is 29.7 Å². The van der Waals surface area contributed by atoms with Crippen molar-refractivity contribution < 1.29 is 14.3 Å². The molecule has 0 aliphatic carbocycles. The van der Waals surface area contributed by atoms with Crippen LogP contribution in [0.1, 0.15) is 29.2 Å². The van der Waals surface area contributed by atoms with Crippen molar-refractivity contribution in [2.75, 3.05) is 11.9 Å². The van der Waals surface area contributed by atoms with E-state index in [4.69, 9.17) is 9.47 Å². The predicted molar refractivity (Wildman–Crippen MR) is 127 cm³/mol. The molecule has 0 heterocycles. The van der Waals surface area contributed by atoms with Gasteiger partial charge in [-0.2, -0.15) is 5.26 Å². The monoisotopic (exact) mass is 426 g/mol. The Labute approximate surface area is 188 Å². The minimum atomic E-state index is -0.485. The van der Waals surface area contributed by atoms with Crippen LogP contribution < -0.4 is 14.8 Å². The van der Waals surface area contributed by atoms with Gasteiger partial charge in [0.15, 0.2) is 0 Å². The van der Waals surface area contributed by atoms with Gasteiger partial charge in [-0.05, 0) is 62.7 Å². The predicted octanol–water partition coefficient (Wildman–Crippen LogP) is 5.83. The Morgan fingerprint density at radius 1 is 1.00 bits per heavy atom. The Balaban J connectivity index is 1.75. The molecule has 1 N–H and O–H groups in total. The SMILES string of the molecule is CCOc1ccc(NC(=O)/C(C#N)=C/c2ccccc2OCc2cc(C)cc(C)c2)cc1. The summed E-state index contributed by atoms with van der Waals surface area (Å²) in [5.41, 5.74) is 4.65. The Kier molecular flexibility index (Phi) is 7.66. The Bertz CT molecular complexity index is 1140. The third-order valence-electron chi connectivity index (χ3n) is 4.68. The van der Waals surface area contributed by atoms with Crippen LogP contribution in [-0.4, -0.2) is 12.5 Å². The van der Waals surface area contributed by atoms with E-state index in [1.807, 2.05) is 37.3 Å². The number of hydrogen-bond donors (Lipinski definition) is 1. The first-order chi connectivity index (χ1) is 15.5. The number of amides is 1. The minimum Gasteiger partial charge on any atom is -0.494 e. The molecule has 0 aliphatic heterocycles. The van der Waals surface area contributed by atoms with E-state index in [-0.39, 0.29) is 5.57 Å². The largest absolute Gasteiger partial charge is 0.494 e. The molecule has 0 aromatic heterocycles. The summed E-state index contributed by atoms with van der Waals surface area (Å²) in [5, 5.41) is 12.3. The summed E-state index contributed by atoms with van der Waals surface area (Å²) in [6, 6.07) is 22.6. The second-order valence-corrected chi connectivity index (χ2v) is 7.40. The number of nitrogens with one attached hydrogen (secondary N) is 1. The molecule has 3 aromatic rings. The molecular formula is C27H26N2O3. The number of aryl methyl sites for hydroxylation is 2. The van der Waals surface area contributed by atoms with Crippen LogP contribution in [0.25, 0.3) is 6.08 Å². The number of benzene rings is 3. The molecule has 0 saturated heterocycles. The number of hydrogen-bond acceptors (Lipinski definition) is 4. The zero-order valence-corrected chi connectivity index (χ0v) is 18.5. The van der Waals surface area contributed by atoms with E-state index in [0.717, 1.165) is 11.3 Å².